The number of hydrogen-bond donors (Lipinski definition) is 2. The van der Waals surface area contributed by atoms with Gasteiger partial charge < -0.3 is 5.11 Å². The SMILES string of the molecule is CC(C)(C)C[C@@H]1N[C@@H](C(=O)O)[C@H](c2cccc(Cl)c2F)[C@@]1(C#N)c1ccc(Br)cc1. The smallest absolute Gasteiger partial charge is 0.321 e. The lowest BCUT2D eigenvalue weighted by molar-refractivity contribution is -0.139. The first-order valence-electron chi connectivity index (χ1n) is 9.61. The molecule has 2 aromatic carbocycles. The second-order valence-corrected chi connectivity index (χ2v) is 10.2. The zero-order valence-electron chi connectivity index (χ0n) is 16.9. The molecule has 3 rings (SSSR count). The monoisotopic (exact) mass is 492 g/mol. The van der Waals surface area contributed by atoms with Gasteiger partial charge in [-0.05, 0) is 41.2 Å². The van der Waals surface area contributed by atoms with Crippen molar-refractivity contribution in [1.82, 2.24) is 5.32 Å². The summed E-state index contributed by atoms with van der Waals surface area (Å²) in [7, 11) is 0. The lowest BCUT2D eigenvalue weighted by Crippen LogP contribution is -2.44. The molecule has 158 valence electrons. The third-order valence-electron chi connectivity index (χ3n) is 5.66. The molecule has 7 heteroatoms. The Labute approximate surface area is 189 Å². The van der Waals surface area contributed by atoms with Gasteiger partial charge in [-0.2, -0.15) is 5.26 Å². The van der Waals surface area contributed by atoms with Gasteiger partial charge in [0.2, 0.25) is 0 Å². The van der Waals surface area contributed by atoms with Crippen LogP contribution in [0.3, 0.4) is 0 Å². The summed E-state index contributed by atoms with van der Waals surface area (Å²) in [5.74, 6) is -2.79. The molecule has 2 aromatic rings. The number of nitriles is 1. The van der Waals surface area contributed by atoms with Crippen LogP contribution in [-0.2, 0) is 10.2 Å². The molecular weight excluding hydrogens is 471 g/mol. The molecule has 0 aliphatic carbocycles. The van der Waals surface area contributed by atoms with Gasteiger partial charge in [-0.3, -0.25) is 10.1 Å². The first kappa shape index (κ1) is 22.7. The molecule has 0 radical (unpaired) electrons. The van der Waals surface area contributed by atoms with Crippen molar-refractivity contribution in [2.24, 2.45) is 5.41 Å². The molecule has 0 bridgehead atoms. The van der Waals surface area contributed by atoms with Crippen LogP contribution in [0.15, 0.2) is 46.9 Å². The van der Waals surface area contributed by atoms with Crippen molar-refractivity contribution in [3.05, 3.63) is 68.9 Å². The molecule has 30 heavy (non-hydrogen) atoms. The Morgan fingerprint density at radius 2 is 1.93 bits per heavy atom. The van der Waals surface area contributed by atoms with Crippen LogP contribution in [-0.4, -0.2) is 23.2 Å². The maximum atomic E-state index is 15.1. The van der Waals surface area contributed by atoms with E-state index in [9.17, 15) is 15.2 Å². The Morgan fingerprint density at radius 3 is 2.47 bits per heavy atom. The minimum atomic E-state index is -1.30. The molecule has 4 atom stereocenters. The number of nitrogens with one attached hydrogen (secondary N) is 1. The molecule has 1 aliphatic rings. The van der Waals surface area contributed by atoms with Gasteiger partial charge in [0.15, 0.2) is 0 Å². The van der Waals surface area contributed by atoms with E-state index < -0.39 is 35.2 Å². The quantitative estimate of drug-likeness (QED) is 0.577. The fourth-order valence-corrected chi connectivity index (χ4v) is 4.92. The number of halogens is 3. The summed E-state index contributed by atoms with van der Waals surface area (Å²) in [5, 5.41) is 23.6. The number of nitrogens with zero attached hydrogens (tertiary/aromatic N) is 1. The minimum Gasteiger partial charge on any atom is -0.480 e. The summed E-state index contributed by atoms with van der Waals surface area (Å²) in [5.41, 5.74) is -0.728. The topological polar surface area (TPSA) is 73.1 Å². The number of carbonyl (C=O) groups is 1. The molecule has 2 N–H and O–H groups in total. The van der Waals surface area contributed by atoms with Crippen LogP contribution in [0, 0.1) is 22.6 Å². The van der Waals surface area contributed by atoms with Crippen LogP contribution >= 0.6 is 27.5 Å². The number of carboxylic acid groups (broad SMARTS) is 1. The second kappa shape index (κ2) is 8.30. The Morgan fingerprint density at radius 1 is 1.30 bits per heavy atom. The van der Waals surface area contributed by atoms with Crippen LogP contribution in [0.5, 0.6) is 0 Å². The van der Waals surface area contributed by atoms with Crippen LogP contribution in [0.2, 0.25) is 5.02 Å². The summed E-state index contributed by atoms with van der Waals surface area (Å²) in [6.07, 6.45) is 0.527. The average Bonchev–Trinajstić information content (AvgIpc) is 2.98. The number of rotatable bonds is 4. The highest BCUT2D eigenvalue weighted by Gasteiger charge is 2.60. The lowest BCUT2D eigenvalue weighted by Gasteiger charge is -2.37. The van der Waals surface area contributed by atoms with E-state index in [0.717, 1.165) is 4.47 Å². The Balaban J connectivity index is 2.33. The van der Waals surface area contributed by atoms with Gasteiger partial charge in [-0.25, -0.2) is 4.39 Å². The highest BCUT2D eigenvalue weighted by molar-refractivity contribution is 9.10. The number of hydrogen-bond acceptors (Lipinski definition) is 3. The second-order valence-electron chi connectivity index (χ2n) is 8.91. The standard InChI is InChI=1S/C23H23BrClFN2O2/c1-22(2,3)11-17-23(12-27,13-7-9-14(24)10-8-13)18(20(28-17)21(29)30)15-5-4-6-16(25)19(15)26/h4-10,17-18,20,28H,11H2,1-3H3,(H,29,30)/t17-,18-,20+,23-/m0/s1. The van der Waals surface area contributed by atoms with Crippen LogP contribution in [0.1, 0.15) is 44.2 Å². The Kier molecular flexibility index (Phi) is 6.29. The van der Waals surface area contributed by atoms with Crippen molar-refractivity contribution in [3.8, 4) is 6.07 Å². The van der Waals surface area contributed by atoms with E-state index in [4.69, 9.17) is 11.6 Å². The summed E-state index contributed by atoms with van der Waals surface area (Å²) >= 11 is 9.44. The van der Waals surface area contributed by atoms with Gasteiger partial charge in [0.25, 0.3) is 0 Å². The van der Waals surface area contributed by atoms with Gasteiger partial charge in [0, 0.05) is 16.4 Å². The zero-order valence-corrected chi connectivity index (χ0v) is 19.3. The van der Waals surface area contributed by atoms with Crippen LogP contribution in [0.4, 0.5) is 4.39 Å². The normalized spacial score (nSPS) is 26.4. The van der Waals surface area contributed by atoms with Gasteiger partial charge in [0.1, 0.15) is 17.3 Å². The number of aliphatic carboxylic acids is 1. The van der Waals surface area contributed by atoms with E-state index in [2.05, 4.69) is 27.3 Å². The maximum absolute atomic E-state index is 15.1. The van der Waals surface area contributed by atoms with Crippen molar-refractivity contribution in [1.29, 1.82) is 5.26 Å². The number of benzene rings is 2. The minimum absolute atomic E-state index is 0.0986. The van der Waals surface area contributed by atoms with E-state index in [1.165, 1.54) is 12.1 Å². The fraction of sp³-hybridized carbons (Fsp3) is 0.391. The molecule has 0 saturated carbocycles. The van der Waals surface area contributed by atoms with E-state index in [1.54, 1.807) is 18.2 Å². The van der Waals surface area contributed by atoms with Crippen molar-refractivity contribution < 1.29 is 14.3 Å². The van der Waals surface area contributed by atoms with Gasteiger partial charge in [0.05, 0.1) is 11.1 Å². The summed E-state index contributed by atoms with van der Waals surface area (Å²) < 4.78 is 16.0. The van der Waals surface area contributed by atoms with Gasteiger partial charge in [-0.15, -0.1) is 0 Å². The summed E-state index contributed by atoms with van der Waals surface area (Å²) in [6, 6.07) is 12.5. The highest BCUT2D eigenvalue weighted by atomic mass is 79.9. The Hall–Kier alpha value is -1.94. The van der Waals surface area contributed by atoms with E-state index >= 15 is 4.39 Å². The van der Waals surface area contributed by atoms with E-state index in [1.807, 2.05) is 32.9 Å². The van der Waals surface area contributed by atoms with Gasteiger partial charge >= 0.3 is 5.97 Å². The first-order chi connectivity index (χ1) is 14.0. The largest absolute Gasteiger partial charge is 0.480 e. The molecule has 0 amide bonds. The first-order valence-corrected chi connectivity index (χ1v) is 10.8. The van der Waals surface area contributed by atoms with Crippen molar-refractivity contribution in [3.63, 3.8) is 0 Å². The molecule has 1 fully saturated rings. The molecule has 1 saturated heterocycles. The zero-order chi connectivity index (χ0) is 22.3. The van der Waals surface area contributed by atoms with E-state index in [0.29, 0.717) is 12.0 Å². The van der Waals surface area contributed by atoms with Crippen molar-refractivity contribution in [2.75, 3.05) is 0 Å². The maximum Gasteiger partial charge on any atom is 0.321 e. The van der Waals surface area contributed by atoms with Crippen LogP contribution in [0.25, 0.3) is 0 Å². The molecule has 4 nitrogen and oxygen atoms in total. The predicted octanol–water partition coefficient (Wildman–Crippen LogP) is 5.65. The lowest BCUT2D eigenvalue weighted by atomic mass is 9.63. The molecule has 0 aromatic heterocycles. The molecule has 0 unspecified atom stereocenters. The third kappa shape index (κ3) is 3.99. The van der Waals surface area contributed by atoms with Crippen molar-refractivity contribution in [2.45, 2.75) is 50.6 Å². The summed E-state index contributed by atoms with van der Waals surface area (Å²) in [6.45, 7) is 6.09. The predicted molar refractivity (Wildman–Crippen MR) is 118 cm³/mol. The molecule has 1 aliphatic heterocycles. The van der Waals surface area contributed by atoms with E-state index in [-0.39, 0.29) is 16.0 Å². The molecule has 0 spiro atoms. The number of carboxylic acids is 1. The summed E-state index contributed by atoms with van der Waals surface area (Å²) in [4.78, 5) is 12.2. The average molecular weight is 494 g/mol. The Bertz CT molecular complexity index is 1000. The molecular formula is C23H23BrClFN2O2. The van der Waals surface area contributed by atoms with Crippen molar-refractivity contribution >= 4 is 33.5 Å². The van der Waals surface area contributed by atoms with Gasteiger partial charge in [-0.1, -0.05) is 72.6 Å². The van der Waals surface area contributed by atoms with Crippen LogP contribution < -0.4 is 5.32 Å². The highest BCUT2D eigenvalue weighted by Crippen LogP contribution is 2.52. The third-order valence-corrected chi connectivity index (χ3v) is 6.48. The molecule has 1 heterocycles. The fourth-order valence-electron chi connectivity index (χ4n) is 4.47.